The third kappa shape index (κ3) is 5.52. The fourth-order valence-electron chi connectivity index (χ4n) is 2.54. The minimum Gasteiger partial charge on any atom is -0.466 e. The van der Waals surface area contributed by atoms with Gasteiger partial charge in [0.25, 0.3) is 5.91 Å². The van der Waals surface area contributed by atoms with Gasteiger partial charge in [0.15, 0.2) is 5.11 Å². The van der Waals surface area contributed by atoms with E-state index in [1.54, 1.807) is 29.2 Å². The quantitative estimate of drug-likeness (QED) is 0.441. The lowest BCUT2D eigenvalue weighted by atomic mass is 10.1. The summed E-state index contributed by atoms with van der Waals surface area (Å²) in [6.45, 7) is 3.13. The van der Waals surface area contributed by atoms with Gasteiger partial charge in [-0.1, -0.05) is 31.5 Å². The summed E-state index contributed by atoms with van der Waals surface area (Å²) in [6, 6.07) is 7.86. The van der Waals surface area contributed by atoms with Crippen molar-refractivity contribution in [2.75, 3.05) is 19.7 Å². The Kier molecular flexibility index (Phi) is 7.53. The summed E-state index contributed by atoms with van der Waals surface area (Å²) >= 11 is 5.30. The third-order valence-electron chi connectivity index (χ3n) is 3.97. The molecule has 2 amide bonds. The number of carbonyl (C=O) groups excluding carboxylic acids is 3. The fourth-order valence-corrected chi connectivity index (χ4v) is 2.85. The monoisotopic (exact) mass is 377 g/mol. The average molecular weight is 377 g/mol. The number of nitrogens with one attached hydrogen (secondary N) is 2. The molecule has 1 atom stereocenters. The summed E-state index contributed by atoms with van der Waals surface area (Å²) in [5.41, 5.74) is 0.465. The molecule has 0 radical (unpaired) electrons. The van der Waals surface area contributed by atoms with E-state index in [-0.39, 0.29) is 23.3 Å². The normalized spacial score (nSPS) is 16.6. The SMILES string of the molecule is CCCCOC(=O)C[C@H]1C(=O)NCCN1C(=S)NC(=O)c1ccccc1. The number of unbranched alkanes of at least 4 members (excludes halogenated alkanes) is 1. The number of rotatable bonds is 6. The van der Waals surface area contributed by atoms with E-state index in [1.807, 2.05) is 13.0 Å². The molecule has 1 aliphatic rings. The zero-order chi connectivity index (χ0) is 18.9. The van der Waals surface area contributed by atoms with Crippen LogP contribution in [0.4, 0.5) is 0 Å². The van der Waals surface area contributed by atoms with E-state index < -0.39 is 12.0 Å². The number of benzene rings is 1. The molecule has 0 bridgehead atoms. The largest absolute Gasteiger partial charge is 0.466 e. The van der Waals surface area contributed by atoms with E-state index in [4.69, 9.17) is 17.0 Å². The van der Waals surface area contributed by atoms with Crippen LogP contribution in [0.15, 0.2) is 30.3 Å². The van der Waals surface area contributed by atoms with Gasteiger partial charge in [-0.3, -0.25) is 19.7 Å². The van der Waals surface area contributed by atoms with Crippen LogP contribution in [0.3, 0.4) is 0 Å². The highest BCUT2D eigenvalue weighted by Crippen LogP contribution is 2.11. The number of thiocarbonyl (C=S) groups is 1. The molecule has 1 heterocycles. The lowest BCUT2D eigenvalue weighted by Crippen LogP contribution is -2.60. The van der Waals surface area contributed by atoms with Gasteiger partial charge in [-0.05, 0) is 30.8 Å². The Morgan fingerprint density at radius 3 is 2.77 bits per heavy atom. The first-order valence-electron chi connectivity index (χ1n) is 8.63. The molecule has 1 saturated heterocycles. The van der Waals surface area contributed by atoms with Gasteiger partial charge in [-0.15, -0.1) is 0 Å². The van der Waals surface area contributed by atoms with Gasteiger partial charge in [-0.2, -0.15) is 0 Å². The van der Waals surface area contributed by atoms with Crippen molar-refractivity contribution in [3.63, 3.8) is 0 Å². The van der Waals surface area contributed by atoms with Crippen LogP contribution in [0.1, 0.15) is 36.5 Å². The van der Waals surface area contributed by atoms with Crippen molar-refractivity contribution in [1.29, 1.82) is 0 Å². The van der Waals surface area contributed by atoms with Gasteiger partial charge in [0.05, 0.1) is 13.0 Å². The summed E-state index contributed by atoms with van der Waals surface area (Å²) < 4.78 is 5.14. The number of nitrogens with zero attached hydrogens (tertiary/aromatic N) is 1. The highest BCUT2D eigenvalue weighted by molar-refractivity contribution is 7.80. The molecular formula is C18H23N3O4S. The van der Waals surface area contributed by atoms with Gasteiger partial charge in [-0.25, -0.2) is 0 Å². The van der Waals surface area contributed by atoms with Gasteiger partial charge in [0.1, 0.15) is 6.04 Å². The second-order valence-electron chi connectivity index (χ2n) is 5.90. The molecule has 0 saturated carbocycles. The number of piperazine rings is 1. The maximum Gasteiger partial charge on any atom is 0.308 e. The van der Waals surface area contributed by atoms with E-state index >= 15 is 0 Å². The third-order valence-corrected chi connectivity index (χ3v) is 4.31. The average Bonchev–Trinajstić information content (AvgIpc) is 2.64. The predicted octanol–water partition coefficient (Wildman–Crippen LogP) is 1.24. The molecule has 1 aliphatic heterocycles. The van der Waals surface area contributed by atoms with Crippen LogP contribution < -0.4 is 10.6 Å². The zero-order valence-electron chi connectivity index (χ0n) is 14.7. The Hall–Kier alpha value is -2.48. The Bertz CT molecular complexity index is 666. The summed E-state index contributed by atoms with van der Waals surface area (Å²) in [5.74, 6) is -1.12. The fraction of sp³-hybridized carbons (Fsp3) is 0.444. The smallest absolute Gasteiger partial charge is 0.308 e. The van der Waals surface area contributed by atoms with Crippen molar-refractivity contribution in [2.45, 2.75) is 32.2 Å². The highest BCUT2D eigenvalue weighted by atomic mass is 32.1. The molecular weight excluding hydrogens is 354 g/mol. The zero-order valence-corrected chi connectivity index (χ0v) is 15.5. The van der Waals surface area contributed by atoms with E-state index in [0.717, 1.165) is 12.8 Å². The summed E-state index contributed by atoms with van der Waals surface area (Å²) in [6.07, 6.45) is 1.58. The van der Waals surface area contributed by atoms with Crippen molar-refractivity contribution in [1.82, 2.24) is 15.5 Å². The maximum atomic E-state index is 12.3. The van der Waals surface area contributed by atoms with Gasteiger partial charge in [0, 0.05) is 18.7 Å². The summed E-state index contributed by atoms with van der Waals surface area (Å²) in [7, 11) is 0. The number of amides is 2. The predicted molar refractivity (Wildman–Crippen MR) is 100 cm³/mol. The molecule has 7 nitrogen and oxygen atoms in total. The Labute approximate surface area is 158 Å². The van der Waals surface area contributed by atoms with E-state index in [2.05, 4.69) is 10.6 Å². The molecule has 2 N–H and O–H groups in total. The lowest BCUT2D eigenvalue weighted by Gasteiger charge is -2.36. The van der Waals surface area contributed by atoms with Crippen LogP contribution in [0.2, 0.25) is 0 Å². The van der Waals surface area contributed by atoms with E-state index in [9.17, 15) is 14.4 Å². The Morgan fingerprint density at radius 1 is 1.35 bits per heavy atom. The second kappa shape index (κ2) is 9.86. The first-order chi connectivity index (χ1) is 12.5. The van der Waals surface area contributed by atoms with E-state index in [0.29, 0.717) is 25.3 Å². The minimum absolute atomic E-state index is 0.114. The Morgan fingerprint density at radius 2 is 2.08 bits per heavy atom. The van der Waals surface area contributed by atoms with Crippen LogP contribution in [-0.2, 0) is 14.3 Å². The minimum atomic E-state index is -0.790. The number of carbonyl (C=O) groups is 3. The standard InChI is InChI=1S/C18H23N3O4S/c1-2-3-11-25-15(22)12-14-17(24)19-9-10-21(14)18(26)20-16(23)13-7-5-4-6-8-13/h4-8,14H,2-3,9-12H2,1H3,(H,19,24)(H,20,23,26)/t14-/m0/s1. The summed E-state index contributed by atoms with van der Waals surface area (Å²) in [5, 5.41) is 5.47. The van der Waals surface area contributed by atoms with Crippen molar-refractivity contribution in [2.24, 2.45) is 0 Å². The number of ether oxygens (including phenoxy) is 1. The molecule has 26 heavy (non-hydrogen) atoms. The van der Waals surface area contributed by atoms with Crippen molar-refractivity contribution in [3.8, 4) is 0 Å². The molecule has 0 aromatic heterocycles. The van der Waals surface area contributed by atoms with E-state index in [1.165, 1.54) is 0 Å². The Balaban J connectivity index is 1.99. The first kappa shape index (κ1) is 19.8. The van der Waals surface area contributed by atoms with Gasteiger partial charge in [0.2, 0.25) is 5.91 Å². The first-order valence-corrected chi connectivity index (χ1v) is 9.04. The highest BCUT2D eigenvalue weighted by Gasteiger charge is 2.34. The maximum absolute atomic E-state index is 12.3. The van der Waals surface area contributed by atoms with Crippen molar-refractivity contribution < 1.29 is 19.1 Å². The molecule has 0 aliphatic carbocycles. The van der Waals surface area contributed by atoms with Gasteiger partial charge < -0.3 is 15.0 Å². The lowest BCUT2D eigenvalue weighted by molar-refractivity contribution is -0.147. The number of hydrogen-bond acceptors (Lipinski definition) is 5. The molecule has 8 heteroatoms. The molecule has 0 spiro atoms. The topological polar surface area (TPSA) is 87.7 Å². The van der Waals surface area contributed by atoms with Crippen LogP contribution in [-0.4, -0.2) is 53.5 Å². The number of esters is 1. The molecule has 1 aromatic rings. The second-order valence-corrected chi connectivity index (χ2v) is 6.29. The number of hydrogen-bond donors (Lipinski definition) is 2. The molecule has 0 unspecified atom stereocenters. The van der Waals surface area contributed by atoms with Crippen molar-refractivity contribution in [3.05, 3.63) is 35.9 Å². The molecule has 1 fully saturated rings. The van der Waals surface area contributed by atoms with Crippen LogP contribution >= 0.6 is 12.2 Å². The van der Waals surface area contributed by atoms with Crippen LogP contribution in [0.25, 0.3) is 0 Å². The summed E-state index contributed by atoms with van der Waals surface area (Å²) in [4.78, 5) is 38.0. The van der Waals surface area contributed by atoms with Crippen LogP contribution in [0.5, 0.6) is 0 Å². The van der Waals surface area contributed by atoms with Gasteiger partial charge >= 0.3 is 5.97 Å². The molecule has 2 rings (SSSR count). The van der Waals surface area contributed by atoms with Crippen molar-refractivity contribution >= 4 is 35.1 Å². The molecule has 140 valence electrons. The van der Waals surface area contributed by atoms with Crippen LogP contribution in [0, 0.1) is 0 Å². The molecule has 1 aromatic carbocycles.